The van der Waals surface area contributed by atoms with Crippen LogP contribution in [0.2, 0.25) is 0 Å². The highest BCUT2D eigenvalue weighted by Gasteiger charge is 2.27. The first-order chi connectivity index (χ1) is 14.2. The van der Waals surface area contributed by atoms with Gasteiger partial charge in [0.25, 0.3) is 11.8 Å². The van der Waals surface area contributed by atoms with Crippen LogP contribution in [-0.2, 0) is 0 Å². The minimum atomic E-state index is -0.175. The number of carbonyl (C=O) groups is 2. The molecule has 7 nitrogen and oxygen atoms in total. The van der Waals surface area contributed by atoms with E-state index in [2.05, 4.69) is 10.3 Å². The Hall–Kier alpha value is -3.87. The molecule has 146 valence electrons. The number of para-hydroxylation sites is 2. The Morgan fingerprint density at radius 3 is 2.69 bits per heavy atom. The van der Waals surface area contributed by atoms with Gasteiger partial charge in [-0.25, -0.2) is 0 Å². The summed E-state index contributed by atoms with van der Waals surface area (Å²) >= 11 is 0. The van der Waals surface area contributed by atoms with Crippen LogP contribution >= 0.6 is 0 Å². The predicted octanol–water partition coefficient (Wildman–Crippen LogP) is 3.27. The molecule has 1 aliphatic rings. The Morgan fingerprint density at radius 2 is 1.90 bits per heavy atom. The molecule has 7 heteroatoms. The zero-order valence-electron chi connectivity index (χ0n) is 15.8. The third-order valence-electron chi connectivity index (χ3n) is 4.56. The predicted molar refractivity (Wildman–Crippen MR) is 108 cm³/mol. The number of amides is 2. The Morgan fingerprint density at radius 1 is 1.10 bits per heavy atom. The molecule has 4 rings (SSSR count). The quantitative estimate of drug-likeness (QED) is 0.724. The van der Waals surface area contributed by atoms with Crippen molar-refractivity contribution in [2.24, 2.45) is 0 Å². The average Bonchev–Trinajstić information content (AvgIpc) is 2.88. The van der Waals surface area contributed by atoms with E-state index in [4.69, 9.17) is 9.47 Å². The summed E-state index contributed by atoms with van der Waals surface area (Å²) in [5.74, 6) is 1.30. The van der Waals surface area contributed by atoms with Gasteiger partial charge in [-0.3, -0.25) is 14.6 Å². The van der Waals surface area contributed by atoms with E-state index in [1.54, 1.807) is 48.5 Å². The first-order valence-electron chi connectivity index (χ1n) is 9.15. The summed E-state index contributed by atoms with van der Waals surface area (Å²) in [5.41, 5.74) is 1.68. The molecule has 0 saturated carbocycles. The number of aromatic nitrogens is 1. The van der Waals surface area contributed by atoms with Crippen molar-refractivity contribution in [1.82, 2.24) is 10.3 Å². The molecule has 0 unspecified atom stereocenters. The smallest absolute Gasteiger partial charge is 0.262 e. The van der Waals surface area contributed by atoms with Crippen molar-refractivity contribution in [3.05, 3.63) is 78.1 Å². The lowest BCUT2D eigenvalue weighted by atomic mass is 10.2. The van der Waals surface area contributed by atoms with Gasteiger partial charge >= 0.3 is 0 Å². The third-order valence-corrected chi connectivity index (χ3v) is 4.56. The number of anilines is 1. The molecule has 0 saturated heterocycles. The molecule has 0 spiro atoms. The van der Waals surface area contributed by atoms with Gasteiger partial charge in [0.15, 0.2) is 11.5 Å². The lowest BCUT2D eigenvalue weighted by molar-refractivity contribution is 0.0960. The molecule has 2 heterocycles. The molecule has 0 radical (unpaired) electrons. The van der Waals surface area contributed by atoms with Crippen LogP contribution in [0.25, 0.3) is 0 Å². The topological polar surface area (TPSA) is 80.8 Å². The van der Waals surface area contributed by atoms with Crippen molar-refractivity contribution in [3.63, 3.8) is 0 Å². The van der Waals surface area contributed by atoms with E-state index < -0.39 is 0 Å². The molecule has 2 aromatic carbocycles. The van der Waals surface area contributed by atoms with E-state index in [-0.39, 0.29) is 18.4 Å². The summed E-state index contributed by atoms with van der Waals surface area (Å²) in [7, 11) is 1.58. The van der Waals surface area contributed by atoms with Crippen LogP contribution in [0.4, 0.5) is 5.69 Å². The zero-order valence-corrected chi connectivity index (χ0v) is 15.8. The summed E-state index contributed by atoms with van der Waals surface area (Å²) in [5, 5.41) is 2.58. The fourth-order valence-electron chi connectivity index (χ4n) is 3.10. The largest absolute Gasteiger partial charge is 0.492 e. The van der Waals surface area contributed by atoms with Crippen LogP contribution in [0.15, 0.2) is 67.0 Å². The van der Waals surface area contributed by atoms with Crippen LogP contribution < -0.4 is 19.7 Å². The van der Waals surface area contributed by atoms with Crippen LogP contribution in [0, 0.1) is 0 Å². The van der Waals surface area contributed by atoms with Crippen molar-refractivity contribution >= 4 is 17.5 Å². The lowest BCUT2D eigenvalue weighted by Gasteiger charge is -2.22. The van der Waals surface area contributed by atoms with E-state index in [1.165, 1.54) is 6.20 Å². The normalized spacial score (nSPS) is 12.3. The van der Waals surface area contributed by atoms with Gasteiger partial charge in [0.05, 0.1) is 24.0 Å². The Labute approximate surface area is 167 Å². The molecular formula is C22H19N3O4. The highest BCUT2D eigenvalue weighted by molar-refractivity contribution is 6.09. The summed E-state index contributed by atoms with van der Waals surface area (Å²) in [6.07, 6.45) is 3.11. The van der Waals surface area contributed by atoms with Crippen LogP contribution in [-0.4, -0.2) is 37.0 Å². The van der Waals surface area contributed by atoms with Gasteiger partial charge in [-0.2, -0.15) is 0 Å². The van der Waals surface area contributed by atoms with Crippen molar-refractivity contribution in [1.29, 1.82) is 0 Å². The molecule has 2 amide bonds. The number of ether oxygens (including phenoxy) is 2. The maximum atomic E-state index is 13.1. The van der Waals surface area contributed by atoms with E-state index in [9.17, 15) is 9.59 Å². The fraction of sp³-hybridized carbons (Fsp3) is 0.136. The molecule has 0 atom stereocenters. The van der Waals surface area contributed by atoms with E-state index >= 15 is 0 Å². The van der Waals surface area contributed by atoms with Crippen molar-refractivity contribution in [2.45, 2.75) is 0 Å². The Bertz CT molecular complexity index is 1050. The Balaban J connectivity index is 1.52. The molecule has 1 aromatic heterocycles. The number of hydrogen-bond acceptors (Lipinski definition) is 5. The second-order valence-corrected chi connectivity index (χ2v) is 6.35. The number of hydrogen-bond donors (Lipinski definition) is 1. The van der Waals surface area contributed by atoms with Gasteiger partial charge in [-0.05, 0) is 42.5 Å². The number of benzene rings is 2. The van der Waals surface area contributed by atoms with Crippen LogP contribution in [0.3, 0.4) is 0 Å². The van der Waals surface area contributed by atoms with E-state index in [0.717, 1.165) is 0 Å². The maximum absolute atomic E-state index is 13.1. The minimum Gasteiger partial charge on any atom is -0.492 e. The van der Waals surface area contributed by atoms with Gasteiger partial charge in [0, 0.05) is 18.8 Å². The van der Waals surface area contributed by atoms with Gasteiger partial charge in [0.1, 0.15) is 12.4 Å². The SMILES string of the molecule is CNC(=O)c1ccc(OCCN2C(=O)c3ccncc3Oc3ccccc32)cc1. The zero-order chi connectivity index (χ0) is 20.2. The Kier molecular flexibility index (Phi) is 5.11. The first kappa shape index (κ1) is 18.5. The minimum absolute atomic E-state index is 0.156. The molecule has 1 aliphatic heterocycles. The third kappa shape index (κ3) is 3.75. The number of pyridine rings is 1. The van der Waals surface area contributed by atoms with Crippen molar-refractivity contribution < 1.29 is 19.1 Å². The number of fused-ring (bicyclic) bond motifs is 2. The molecule has 0 aliphatic carbocycles. The van der Waals surface area contributed by atoms with E-state index in [0.29, 0.717) is 40.6 Å². The van der Waals surface area contributed by atoms with E-state index in [1.807, 2.05) is 24.3 Å². The monoisotopic (exact) mass is 389 g/mol. The summed E-state index contributed by atoms with van der Waals surface area (Å²) in [6.45, 7) is 0.609. The molecule has 1 N–H and O–H groups in total. The van der Waals surface area contributed by atoms with Gasteiger partial charge in [0.2, 0.25) is 0 Å². The lowest BCUT2D eigenvalue weighted by Crippen LogP contribution is -2.34. The summed E-state index contributed by atoms with van der Waals surface area (Å²) in [6, 6.07) is 15.9. The average molecular weight is 389 g/mol. The summed E-state index contributed by atoms with van der Waals surface area (Å²) < 4.78 is 11.7. The molecule has 0 bridgehead atoms. The molecule has 29 heavy (non-hydrogen) atoms. The molecule has 0 fully saturated rings. The second kappa shape index (κ2) is 8.02. The second-order valence-electron chi connectivity index (χ2n) is 6.35. The highest BCUT2D eigenvalue weighted by Crippen LogP contribution is 2.38. The van der Waals surface area contributed by atoms with Gasteiger partial charge in [-0.15, -0.1) is 0 Å². The number of nitrogens with zero attached hydrogens (tertiary/aromatic N) is 2. The molecular weight excluding hydrogens is 370 g/mol. The number of nitrogens with one attached hydrogen (secondary N) is 1. The molecule has 3 aromatic rings. The number of carbonyl (C=O) groups excluding carboxylic acids is 2. The maximum Gasteiger partial charge on any atom is 0.262 e. The number of rotatable bonds is 5. The van der Waals surface area contributed by atoms with Crippen molar-refractivity contribution in [3.8, 4) is 17.2 Å². The summed E-state index contributed by atoms with van der Waals surface area (Å²) in [4.78, 5) is 30.4. The standard InChI is InChI=1S/C22H19N3O4/c1-23-21(26)15-6-8-16(9-7-15)28-13-12-25-18-4-2-3-5-19(18)29-20-14-24-11-10-17(20)22(25)27/h2-11,14H,12-13H2,1H3,(H,23,26). The van der Waals surface area contributed by atoms with Crippen LogP contribution in [0.1, 0.15) is 20.7 Å². The first-order valence-corrected chi connectivity index (χ1v) is 9.15. The van der Waals surface area contributed by atoms with Crippen LogP contribution in [0.5, 0.6) is 17.2 Å². The van der Waals surface area contributed by atoms with Gasteiger partial charge in [-0.1, -0.05) is 12.1 Å². The highest BCUT2D eigenvalue weighted by atomic mass is 16.5. The van der Waals surface area contributed by atoms with Gasteiger partial charge < -0.3 is 19.7 Å². The fourth-order valence-corrected chi connectivity index (χ4v) is 3.10. The van der Waals surface area contributed by atoms with Crippen molar-refractivity contribution in [2.75, 3.05) is 25.1 Å².